The molecule has 0 aromatic heterocycles. The van der Waals surface area contributed by atoms with Crippen LogP contribution in [0.2, 0.25) is 0 Å². The van der Waals surface area contributed by atoms with Crippen molar-refractivity contribution >= 4 is 41.8 Å². The number of rotatable bonds is 4. The zero-order chi connectivity index (χ0) is 16.7. The lowest BCUT2D eigenvalue weighted by molar-refractivity contribution is -0.149. The number of carbonyl (C=O) groups is 2. The maximum Gasteiger partial charge on any atom is 0.310 e. The van der Waals surface area contributed by atoms with Crippen molar-refractivity contribution in [2.24, 2.45) is 10.9 Å². The van der Waals surface area contributed by atoms with Gasteiger partial charge in [0, 0.05) is 33.2 Å². The maximum atomic E-state index is 12.1. The molecule has 8 heteroatoms. The van der Waals surface area contributed by atoms with Gasteiger partial charge in [0.2, 0.25) is 5.91 Å². The van der Waals surface area contributed by atoms with Gasteiger partial charge in [-0.3, -0.25) is 14.6 Å². The molecular weight excluding hydrogens is 423 g/mol. The lowest BCUT2D eigenvalue weighted by atomic mass is 9.98. The van der Waals surface area contributed by atoms with Crippen LogP contribution in [-0.4, -0.2) is 74.0 Å². The average molecular weight is 452 g/mol. The number of esters is 1. The largest absolute Gasteiger partial charge is 0.466 e. The first kappa shape index (κ1) is 21.0. The number of guanidine groups is 1. The minimum Gasteiger partial charge on any atom is -0.466 e. The highest BCUT2D eigenvalue weighted by Crippen LogP contribution is 2.18. The molecule has 0 aromatic rings. The van der Waals surface area contributed by atoms with Crippen LogP contribution in [0.25, 0.3) is 0 Å². The molecule has 2 rings (SSSR count). The Morgan fingerprint density at radius 2 is 1.83 bits per heavy atom. The van der Waals surface area contributed by atoms with Gasteiger partial charge in [-0.2, -0.15) is 0 Å². The first-order valence-electron chi connectivity index (χ1n) is 8.55. The number of hydrogen-bond acceptors (Lipinski definition) is 4. The number of carbonyl (C=O) groups excluding carboxylic acids is 2. The van der Waals surface area contributed by atoms with Crippen molar-refractivity contribution in [1.82, 2.24) is 15.1 Å². The molecule has 0 aliphatic carbocycles. The van der Waals surface area contributed by atoms with Crippen molar-refractivity contribution < 1.29 is 14.3 Å². The van der Waals surface area contributed by atoms with Gasteiger partial charge < -0.3 is 19.9 Å². The topological polar surface area (TPSA) is 74.2 Å². The second kappa shape index (κ2) is 10.7. The van der Waals surface area contributed by atoms with Crippen LogP contribution in [0.5, 0.6) is 0 Å². The lowest BCUT2D eigenvalue weighted by Gasteiger charge is -2.34. The molecule has 2 aliphatic rings. The molecule has 24 heavy (non-hydrogen) atoms. The fourth-order valence-corrected chi connectivity index (χ4v) is 3.19. The van der Waals surface area contributed by atoms with E-state index in [1.807, 2.05) is 16.7 Å². The van der Waals surface area contributed by atoms with Crippen LogP contribution in [0.15, 0.2) is 4.99 Å². The number of nitrogens with zero attached hydrogens (tertiary/aromatic N) is 3. The molecule has 7 nitrogen and oxygen atoms in total. The van der Waals surface area contributed by atoms with Gasteiger partial charge in [0.25, 0.3) is 0 Å². The number of aliphatic imine (C=N–C) groups is 1. The van der Waals surface area contributed by atoms with Crippen molar-refractivity contribution in [2.45, 2.75) is 32.6 Å². The van der Waals surface area contributed by atoms with Gasteiger partial charge >= 0.3 is 5.97 Å². The second-order valence-electron chi connectivity index (χ2n) is 6.03. The SMILES string of the molecule is CCOC(=O)C1CCCN(C(=NC)NCC(=O)N2CCCC2)C1.I. The predicted octanol–water partition coefficient (Wildman–Crippen LogP) is 1.08. The standard InChI is InChI=1S/C16H28N4O3.HI/c1-3-23-15(22)13-7-6-10-20(12-13)16(17-2)18-11-14(21)19-8-4-5-9-19;/h13H,3-12H2,1-2H3,(H,17,18);1H. The van der Waals surface area contributed by atoms with E-state index in [4.69, 9.17) is 4.74 Å². The first-order chi connectivity index (χ1) is 11.2. The Labute approximate surface area is 161 Å². The van der Waals surface area contributed by atoms with Crippen molar-refractivity contribution in [3.63, 3.8) is 0 Å². The van der Waals surface area contributed by atoms with Gasteiger partial charge in [-0.1, -0.05) is 0 Å². The summed E-state index contributed by atoms with van der Waals surface area (Å²) in [5.41, 5.74) is 0. The van der Waals surface area contributed by atoms with Crippen molar-refractivity contribution in [3.8, 4) is 0 Å². The van der Waals surface area contributed by atoms with Crippen LogP contribution in [0.1, 0.15) is 32.6 Å². The summed E-state index contributed by atoms with van der Waals surface area (Å²) in [5, 5.41) is 3.14. The molecule has 2 fully saturated rings. The van der Waals surface area contributed by atoms with Crippen LogP contribution in [0, 0.1) is 5.92 Å². The number of ether oxygens (including phenoxy) is 1. The first-order valence-corrected chi connectivity index (χ1v) is 8.55. The van der Waals surface area contributed by atoms with Gasteiger partial charge in [-0.05, 0) is 32.6 Å². The molecule has 0 radical (unpaired) electrons. The fourth-order valence-electron chi connectivity index (χ4n) is 3.19. The number of hydrogen-bond donors (Lipinski definition) is 1. The van der Waals surface area contributed by atoms with E-state index in [0.717, 1.165) is 45.3 Å². The maximum absolute atomic E-state index is 12.1. The molecule has 0 spiro atoms. The van der Waals surface area contributed by atoms with E-state index >= 15 is 0 Å². The van der Waals surface area contributed by atoms with Crippen LogP contribution in [0.4, 0.5) is 0 Å². The quantitative estimate of drug-likeness (QED) is 0.299. The molecule has 0 aromatic carbocycles. The molecule has 2 saturated heterocycles. The molecule has 1 unspecified atom stereocenters. The molecule has 1 atom stereocenters. The minimum atomic E-state index is -0.138. The van der Waals surface area contributed by atoms with Gasteiger partial charge in [-0.15, -0.1) is 24.0 Å². The summed E-state index contributed by atoms with van der Waals surface area (Å²) in [4.78, 5) is 32.2. The molecule has 2 aliphatic heterocycles. The summed E-state index contributed by atoms with van der Waals surface area (Å²) in [7, 11) is 1.71. The van der Waals surface area contributed by atoms with E-state index in [1.54, 1.807) is 7.05 Å². The summed E-state index contributed by atoms with van der Waals surface area (Å²) in [6.07, 6.45) is 3.95. The summed E-state index contributed by atoms with van der Waals surface area (Å²) < 4.78 is 5.12. The van der Waals surface area contributed by atoms with Crippen LogP contribution in [0.3, 0.4) is 0 Å². The fraction of sp³-hybridized carbons (Fsp3) is 0.812. The zero-order valence-corrected chi connectivity index (χ0v) is 17.0. The highest BCUT2D eigenvalue weighted by molar-refractivity contribution is 14.0. The summed E-state index contributed by atoms with van der Waals surface area (Å²) in [5.74, 6) is 0.548. The van der Waals surface area contributed by atoms with Crippen molar-refractivity contribution in [3.05, 3.63) is 0 Å². The van der Waals surface area contributed by atoms with Crippen LogP contribution >= 0.6 is 24.0 Å². The normalized spacial score (nSPS) is 21.2. The van der Waals surface area contributed by atoms with Gasteiger partial charge in [0.15, 0.2) is 5.96 Å². The van der Waals surface area contributed by atoms with Gasteiger partial charge in [-0.25, -0.2) is 0 Å². The number of nitrogens with one attached hydrogen (secondary N) is 1. The third kappa shape index (κ3) is 5.78. The van der Waals surface area contributed by atoms with E-state index < -0.39 is 0 Å². The second-order valence-corrected chi connectivity index (χ2v) is 6.03. The van der Waals surface area contributed by atoms with Crippen molar-refractivity contribution in [2.75, 3.05) is 46.4 Å². The summed E-state index contributed by atoms with van der Waals surface area (Å²) in [6, 6.07) is 0. The lowest BCUT2D eigenvalue weighted by Crippen LogP contribution is -2.50. The number of amides is 1. The van der Waals surface area contributed by atoms with E-state index in [-0.39, 0.29) is 48.3 Å². The Balaban J connectivity index is 0.00000288. The third-order valence-electron chi connectivity index (χ3n) is 4.41. The van der Waals surface area contributed by atoms with E-state index in [9.17, 15) is 9.59 Å². The third-order valence-corrected chi connectivity index (χ3v) is 4.41. The number of halogens is 1. The molecule has 0 saturated carbocycles. The van der Waals surface area contributed by atoms with E-state index in [0.29, 0.717) is 19.1 Å². The molecule has 0 bridgehead atoms. The van der Waals surface area contributed by atoms with E-state index in [2.05, 4.69) is 10.3 Å². The summed E-state index contributed by atoms with van der Waals surface area (Å²) in [6.45, 7) is 5.63. The molecule has 2 heterocycles. The molecule has 138 valence electrons. The Morgan fingerprint density at radius 3 is 2.46 bits per heavy atom. The molecule has 1 N–H and O–H groups in total. The Morgan fingerprint density at radius 1 is 1.17 bits per heavy atom. The molecular formula is C16H29IN4O3. The zero-order valence-electron chi connectivity index (χ0n) is 14.6. The van der Waals surface area contributed by atoms with Crippen LogP contribution in [-0.2, 0) is 14.3 Å². The van der Waals surface area contributed by atoms with Crippen LogP contribution < -0.4 is 5.32 Å². The Hall–Kier alpha value is -1.06. The smallest absolute Gasteiger partial charge is 0.310 e. The van der Waals surface area contributed by atoms with E-state index in [1.165, 1.54) is 0 Å². The molecule has 1 amide bonds. The number of piperidine rings is 1. The highest BCUT2D eigenvalue weighted by atomic mass is 127. The van der Waals surface area contributed by atoms with Crippen molar-refractivity contribution in [1.29, 1.82) is 0 Å². The minimum absolute atomic E-state index is 0. The Kier molecular flexibility index (Phi) is 9.38. The number of likely N-dealkylation sites (tertiary alicyclic amines) is 2. The predicted molar refractivity (Wildman–Crippen MR) is 104 cm³/mol. The van der Waals surface area contributed by atoms with Gasteiger partial charge in [0.1, 0.15) is 0 Å². The Bertz CT molecular complexity index is 453. The highest BCUT2D eigenvalue weighted by Gasteiger charge is 2.28. The van der Waals surface area contributed by atoms with Gasteiger partial charge in [0.05, 0.1) is 19.1 Å². The monoisotopic (exact) mass is 452 g/mol. The summed E-state index contributed by atoms with van der Waals surface area (Å²) >= 11 is 0. The average Bonchev–Trinajstić information content (AvgIpc) is 3.10.